The van der Waals surface area contributed by atoms with Crippen molar-refractivity contribution in [3.05, 3.63) is 42.5 Å². The second-order valence-corrected chi connectivity index (χ2v) is 5.77. The molecular formula is C18H22N2O2. The number of carbonyl (C=O) groups excluding carboxylic acids is 1. The van der Waals surface area contributed by atoms with E-state index in [1.807, 2.05) is 41.3 Å². The van der Waals surface area contributed by atoms with Gasteiger partial charge in [-0.05, 0) is 42.2 Å². The zero-order valence-electron chi connectivity index (χ0n) is 12.7. The van der Waals surface area contributed by atoms with Crippen LogP contribution in [0.5, 0.6) is 5.75 Å². The van der Waals surface area contributed by atoms with Crippen molar-refractivity contribution in [1.82, 2.24) is 4.90 Å². The second kappa shape index (κ2) is 6.79. The highest BCUT2D eigenvalue weighted by Crippen LogP contribution is 2.21. The molecule has 1 saturated heterocycles. The van der Waals surface area contributed by atoms with Gasteiger partial charge in [0.1, 0.15) is 5.75 Å². The summed E-state index contributed by atoms with van der Waals surface area (Å²) in [5.74, 6) is 0.761. The van der Waals surface area contributed by atoms with Gasteiger partial charge < -0.3 is 15.4 Å². The van der Waals surface area contributed by atoms with Crippen LogP contribution in [-0.4, -0.2) is 36.5 Å². The molecule has 1 amide bonds. The predicted octanol–water partition coefficient (Wildman–Crippen LogP) is 2.56. The van der Waals surface area contributed by atoms with E-state index in [-0.39, 0.29) is 18.6 Å². The number of carbonyl (C=O) groups is 1. The standard InChI is InChI=1S/C18H22N2O2/c19-12-16-7-3-4-10-20(16)18(21)13-22-17-9-8-14-5-1-2-6-15(14)11-17/h1-2,5-6,8-9,11,16H,3-4,7,10,12-13,19H2. The highest BCUT2D eigenvalue weighted by molar-refractivity contribution is 5.84. The van der Waals surface area contributed by atoms with E-state index >= 15 is 0 Å². The van der Waals surface area contributed by atoms with E-state index in [2.05, 4.69) is 6.07 Å². The van der Waals surface area contributed by atoms with Crippen LogP contribution in [0.25, 0.3) is 10.8 Å². The molecule has 0 radical (unpaired) electrons. The molecule has 3 rings (SSSR count). The lowest BCUT2D eigenvalue weighted by atomic mass is 10.0. The Morgan fingerprint density at radius 2 is 2.00 bits per heavy atom. The van der Waals surface area contributed by atoms with Crippen LogP contribution in [0.4, 0.5) is 0 Å². The molecule has 4 heteroatoms. The molecule has 2 N–H and O–H groups in total. The van der Waals surface area contributed by atoms with Crippen LogP contribution in [0.1, 0.15) is 19.3 Å². The first-order valence-electron chi connectivity index (χ1n) is 7.89. The van der Waals surface area contributed by atoms with E-state index in [9.17, 15) is 4.79 Å². The monoisotopic (exact) mass is 298 g/mol. The summed E-state index contributed by atoms with van der Waals surface area (Å²) >= 11 is 0. The Morgan fingerprint density at radius 3 is 2.82 bits per heavy atom. The average Bonchev–Trinajstić information content (AvgIpc) is 2.59. The van der Waals surface area contributed by atoms with Crippen molar-refractivity contribution in [2.24, 2.45) is 5.73 Å². The molecular weight excluding hydrogens is 276 g/mol. The molecule has 1 heterocycles. The van der Waals surface area contributed by atoms with E-state index in [4.69, 9.17) is 10.5 Å². The zero-order chi connectivity index (χ0) is 15.4. The fourth-order valence-corrected chi connectivity index (χ4v) is 3.06. The highest BCUT2D eigenvalue weighted by Gasteiger charge is 2.25. The quantitative estimate of drug-likeness (QED) is 0.944. The summed E-state index contributed by atoms with van der Waals surface area (Å²) < 4.78 is 5.69. The minimum absolute atomic E-state index is 0.0308. The Labute approximate surface area is 130 Å². The van der Waals surface area contributed by atoms with Gasteiger partial charge >= 0.3 is 0 Å². The van der Waals surface area contributed by atoms with E-state index in [0.29, 0.717) is 6.54 Å². The Kier molecular flexibility index (Phi) is 4.59. The van der Waals surface area contributed by atoms with Gasteiger partial charge in [0.15, 0.2) is 6.61 Å². The first-order valence-corrected chi connectivity index (χ1v) is 7.89. The van der Waals surface area contributed by atoms with Gasteiger partial charge in [0.2, 0.25) is 0 Å². The normalized spacial score (nSPS) is 18.4. The molecule has 0 spiro atoms. The van der Waals surface area contributed by atoms with Crippen LogP contribution in [-0.2, 0) is 4.79 Å². The fourth-order valence-electron chi connectivity index (χ4n) is 3.06. The SMILES string of the molecule is NCC1CCCCN1C(=O)COc1ccc2ccccc2c1. The zero-order valence-corrected chi connectivity index (χ0v) is 12.7. The van der Waals surface area contributed by atoms with Gasteiger partial charge in [0.25, 0.3) is 5.91 Å². The average molecular weight is 298 g/mol. The summed E-state index contributed by atoms with van der Waals surface area (Å²) in [5, 5.41) is 2.28. The van der Waals surface area contributed by atoms with Crippen LogP contribution < -0.4 is 10.5 Å². The smallest absolute Gasteiger partial charge is 0.260 e. The Hall–Kier alpha value is -2.07. The lowest BCUT2D eigenvalue weighted by molar-refractivity contribution is -0.136. The third-order valence-corrected chi connectivity index (χ3v) is 4.30. The molecule has 2 aromatic rings. The van der Waals surface area contributed by atoms with Crippen molar-refractivity contribution in [2.45, 2.75) is 25.3 Å². The lowest BCUT2D eigenvalue weighted by Crippen LogP contribution is -2.49. The molecule has 1 atom stereocenters. The number of fused-ring (bicyclic) bond motifs is 1. The lowest BCUT2D eigenvalue weighted by Gasteiger charge is -2.34. The number of ether oxygens (including phenoxy) is 1. The fraction of sp³-hybridized carbons (Fsp3) is 0.389. The van der Waals surface area contributed by atoms with Gasteiger partial charge in [-0.1, -0.05) is 30.3 Å². The number of amides is 1. The van der Waals surface area contributed by atoms with Gasteiger partial charge in [-0.2, -0.15) is 0 Å². The summed E-state index contributed by atoms with van der Waals surface area (Å²) in [5.41, 5.74) is 5.77. The number of hydrogen-bond acceptors (Lipinski definition) is 3. The predicted molar refractivity (Wildman–Crippen MR) is 87.8 cm³/mol. The van der Waals surface area contributed by atoms with Crippen LogP contribution in [0.15, 0.2) is 42.5 Å². The van der Waals surface area contributed by atoms with E-state index in [1.54, 1.807) is 0 Å². The summed E-state index contributed by atoms with van der Waals surface area (Å²) in [6.45, 7) is 1.40. The number of likely N-dealkylation sites (tertiary alicyclic amines) is 1. The maximum Gasteiger partial charge on any atom is 0.260 e. The summed E-state index contributed by atoms with van der Waals surface area (Å²) in [4.78, 5) is 14.2. The molecule has 1 fully saturated rings. The van der Waals surface area contributed by atoms with Crippen molar-refractivity contribution in [2.75, 3.05) is 19.7 Å². The molecule has 0 saturated carbocycles. The minimum atomic E-state index is 0.0308. The van der Waals surface area contributed by atoms with Crippen LogP contribution in [0.3, 0.4) is 0 Å². The summed E-state index contributed by atoms with van der Waals surface area (Å²) in [7, 11) is 0. The van der Waals surface area contributed by atoms with Gasteiger partial charge in [0.05, 0.1) is 0 Å². The van der Waals surface area contributed by atoms with Crippen molar-refractivity contribution < 1.29 is 9.53 Å². The molecule has 0 bridgehead atoms. The van der Waals surface area contributed by atoms with Crippen molar-refractivity contribution >= 4 is 16.7 Å². The van der Waals surface area contributed by atoms with Crippen molar-refractivity contribution in [3.63, 3.8) is 0 Å². The van der Waals surface area contributed by atoms with Gasteiger partial charge in [-0.25, -0.2) is 0 Å². The number of hydrogen-bond donors (Lipinski definition) is 1. The minimum Gasteiger partial charge on any atom is -0.484 e. The Balaban J connectivity index is 1.64. The maximum atomic E-state index is 12.3. The summed E-state index contributed by atoms with van der Waals surface area (Å²) in [6, 6.07) is 14.2. The first kappa shape index (κ1) is 14.9. The van der Waals surface area contributed by atoms with Gasteiger partial charge in [0, 0.05) is 19.1 Å². The number of nitrogens with two attached hydrogens (primary N) is 1. The molecule has 1 aliphatic rings. The third kappa shape index (κ3) is 3.22. The van der Waals surface area contributed by atoms with E-state index in [1.165, 1.54) is 5.39 Å². The van der Waals surface area contributed by atoms with E-state index in [0.717, 1.165) is 36.9 Å². The molecule has 0 aromatic heterocycles. The van der Waals surface area contributed by atoms with Crippen molar-refractivity contribution in [1.29, 1.82) is 0 Å². The number of piperidine rings is 1. The number of rotatable bonds is 4. The van der Waals surface area contributed by atoms with Crippen LogP contribution in [0.2, 0.25) is 0 Å². The maximum absolute atomic E-state index is 12.3. The van der Waals surface area contributed by atoms with Gasteiger partial charge in [-0.3, -0.25) is 4.79 Å². The molecule has 2 aromatic carbocycles. The molecule has 0 aliphatic carbocycles. The van der Waals surface area contributed by atoms with E-state index < -0.39 is 0 Å². The molecule has 22 heavy (non-hydrogen) atoms. The Morgan fingerprint density at radius 1 is 1.18 bits per heavy atom. The summed E-state index contributed by atoms with van der Waals surface area (Å²) in [6.07, 6.45) is 3.20. The van der Waals surface area contributed by atoms with Gasteiger partial charge in [-0.15, -0.1) is 0 Å². The largest absolute Gasteiger partial charge is 0.484 e. The molecule has 1 unspecified atom stereocenters. The number of nitrogens with zero attached hydrogens (tertiary/aromatic N) is 1. The number of benzene rings is 2. The Bertz CT molecular complexity index is 656. The topological polar surface area (TPSA) is 55.6 Å². The van der Waals surface area contributed by atoms with Crippen LogP contribution in [0, 0.1) is 0 Å². The highest BCUT2D eigenvalue weighted by atomic mass is 16.5. The third-order valence-electron chi connectivity index (χ3n) is 4.30. The molecule has 4 nitrogen and oxygen atoms in total. The van der Waals surface area contributed by atoms with Crippen molar-refractivity contribution in [3.8, 4) is 5.75 Å². The molecule has 116 valence electrons. The van der Waals surface area contributed by atoms with Crippen LogP contribution >= 0.6 is 0 Å². The second-order valence-electron chi connectivity index (χ2n) is 5.77. The first-order chi connectivity index (χ1) is 10.8. The molecule has 1 aliphatic heterocycles.